The lowest BCUT2D eigenvalue weighted by Crippen LogP contribution is -2.39. The van der Waals surface area contributed by atoms with Crippen molar-refractivity contribution in [2.75, 3.05) is 39.3 Å². The zero-order valence-corrected chi connectivity index (χ0v) is 11.3. The molecule has 1 amide bonds. The van der Waals surface area contributed by atoms with Crippen LogP contribution in [0, 0.1) is 0 Å². The van der Waals surface area contributed by atoms with E-state index in [2.05, 4.69) is 20.6 Å². The first-order chi connectivity index (χ1) is 9.34. The maximum Gasteiger partial charge on any atom is 0.234 e. The Morgan fingerprint density at radius 3 is 3.16 bits per heavy atom. The lowest BCUT2D eigenvalue weighted by Gasteiger charge is -2.18. The molecule has 2 rings (SSSR count). The zero-order valence-electron chi connectivity index (χ0n) is 11.3. The molecule has 0 spiro atoms. The molecule has 6 heteroatoms. The minimum absolute atomic E-state index is 0.127. The highest BCUT2D eigenvalue weighted by molar-refractivity contribution is 5.77. The fraction of sp³-hybridized carbons (Fsp3) is 0.692. The molecule has 0 atom stereocenters. The summed E-state index contributed by atoms with van der Waals surface area (Å²) in [5.74, 6) is 0.127. The summed E-state index contributed by atoms with van der Waals surface area (Å²) < 4.78 is 1.88. The molecule has 2 N–H and O–H groups in total. The van der Waals surface area contributed by atoms with Gasteiger partial charge in [-0.05, 0) is 32.0 Å². The number of hydrogen-bond donors (Lipinski definition) is 2. The largest absolute Gasteiger partial charge is 0.355 e. The minimum Gasteiger partial charge on any atom is -0.355 e. The number of aromatic nitrogens is 2. The fourth-order valence-corrected chi connectivity index (χ4v) is 2.22. The molecule has 1 saturated heterocycles. The molecule has 0 bridgehead atoms. The van der Waals surface area contributed by atoms with Gasteiger partial charge in [0.1, 0.15) is 0 Å². The van der Waals surface area contributed by atoms with Gasteiger partial charge in [-0.3, -0.25) is 14.4 Å². The molecular formula is C13H23N5O. The fourth-order valence-electron chi connectivity index (χ4n) is 2.22. The molecular weight excluding hydrogens is 242 g/mol. The van der Waals surface area contributed by atoms with Crippen molar-refractivity contribution in [1.29, 1.82) is 0 Å². The first-order valence-electron chi connectivity index (χ1n) is 7.02. The van der Waals surface area contributed by atoms with Gasteiger partial charge in [0.15, 0.2) is 0 Å². The van der Waals surface area contributed by atoms with Crippen LogP contribution in [0.1, 0.15) is 12.8 Å². The second kappa shape index (κ2) is 7.91. The van der Waals surface area contributed by atoms with Gasteiger partial charge in [0.05, 0.1) is 6.54 Å². The normalized spacial score (nSPS) is 17.1. The van der Waals surface area contributed by atoms with E-state index in [9.17, 15) is 4.79 Å². The highest BCUT2D eigenvalue weighted by Gasteiger charge is 2.11. The Balaban J connectivity index is 1.56. The quantitative estimate of drug-likeness (QED) is 0.692. The Labute approximate surface area is 114 Å². The first kappa shape index (κ1) is 14.0. The Kier molecular flexibility index (Phi) is 5.84. The van der Waals surface area contributed by atoms with Gasteiger partial charge < -0.3 is 10.6 Å². The summed E-state index contributed by atoms with van der Waals surface area (Å²) in [4.78, 5) is 14.0. The van der Waals surface area contributed by atoms with Crippen molar-refractivity contribution in [2.24, 2.45) is 0 Å². The summed E-state index contributed by atoms with van der Waals surface area (Å²) in [5.41, 5.74) is 0. The molecule has 1 fully saturated rings. The molecule has 0 aromatic carbocycles. The highest BCUT2D eigenvalue weighted by Crippen LogP contribution is 1.94. The number of amides is 1. The van der Waals surface area contributed by atoms with Gasteiger partial charge in [-0.15, -0.1) is 0 Å². The van der Waals surface area contributed by atoms with E-state index < -0.39 is 0 Å². The SMILES string of the molecule is O=C(CN1CCCNCC1)NCCCn1cccn1. The number of aryl methyl sites for hydroxylation is 1. The summed E-state index contributed by atoms with van der Waals surface area (Å²) in [6.07, 6.45) is 5.74. The molecule has 0 saturated carbocycles. The van der Waals surface area contributed by atoms with E-state index in [-0.39, 0.29) is 5.91 Å². The Morgan fingerprint density at radius 2 is 2.32 bits per heavy atom. The van der Waals surface area contributed by atoms with Crippen LogP contribution in [0.5, 0.6) is 0 Å². The zero-order chi connectivity index (χ0) is 13.3. The molecule has 0 unspecified atom stereocenters. The summed E-state index contributed by atoms with van der Waals surface area (Å²) >= 11 is 0. The summed E-state index contributed by atoms with van der Waals surface area (Å²) in [7, 11) is 0. The van der Waals surface area contributed by atoms with E-state index >= 15 is 0 Å². The van der Waals surface area contributed by atoms with Gasteiger partial charge in [-0.1, -0.05) is 0 Å². The Bertz CT molecular complexity index is 357. The smallest absolute Gasteiger partial charge is 0.234 e. The molecule has 1 aliphatic heterocycles. The minimum atomic E-state index is 0.127. The standard InChI is InChI=1S/C13H23N5O/c19-13(12-17-8-1-4-14-7-11-17)15-5-2-9-18-10-3-6-16-18/h3,6,10,14H,1-2,4-5,7-9,11-12H2,(H,15,19). The number of rotatable bonds is 6. The second-order valence-electron chi connectivity index (χ2n) is 4.85. The van der Waals surface area contributed by atoms with Crippen LogP contribution in [0.25, 0.3) is 0 Å². The molecule has 0 radical (unpaired) electrons. The average molecular weight is 265 g/mol. The van der Waals surface area contributed by atoms with Crippen molar-refractivity contribution in [3.8, 4) is 0 Å². The van der Waals surface area contributed by atoms with Crippen LogP contribution in [-0.4, -0.2) is 59.9 Å². The summed E-state index contributed by atoms with van der Waals surface area (Å²) in [6.45, 7) is 6.08. The number of nitrogens with zero attached hydrogens (tertiary/aromatic N) is 3. The van der Waals surface area contributed by atoms with E-state index in [0.29, 0.717) is 13.1 Å². The monoisotopic (exact) mass is 265 g/mol. The summed E-state index contributed by atoms with van der Waals surface area (Å²) in [5, 5.41) is 10.4. The van der Waals surface area contributed by atoms with Crippen LogP contribution >= 0.6 is 0 Å². The number of nitrogens with one attached hydrogen (secondary N) is 2. The Hall–Kier alpha value is -1.40. The van der Waals surface area contributed by atoms with E-state index in [1.54, 1.807) is 6.20 Å². The third kappa shape index (κ3) is 5.40. The molecule has 1 aromatic heterocycles. The van der Waals surface area contributed by atoms with E-state index in [1.165, 1.54) is 0 Å². The Morgan fingerprint density at radius 1 is 1.37 bits per heavy atom. The number of carbonyl (C=O) groups is 1. The molecule has 1 aliphatic rings. The maximum absolute atomic E-state index is 11.8. The van der Waals surface area contributed by atoms with Crippen molar-refractivity contribution in [1.82, 2.24) is 25.3 Å². The van der Waals surface area contributed by atoms with Gasteiger partial charge in [-0.2, -0.15) is 5.10 Å². The maximum atomic E-state index is 11.8. The first-order valence-corrected chi connectivity index (χ1v) is 7.02. The molecule has 1 aromatic rings. The van der Waals surface area contributed by atoms with E-state index in [4.69, 9.17) is 0 Å². The van der Waals surface area contributed by atoms with Gasteiger partial charge in [0.2, 0.25) is 5.91 Å². The molecule has 0 aliphatic carbocycles. The van der Waals surface area contributed by atoms with Gasteiger partial charge in [0.25, 0.3) is 0 Å². The van der Waals surface area contributed by atoms with Crippen molar-refractivity contribution in [3.05, 3.63) is 18.5 Å². The van der Waals surface area contributed by atoms with E-state index in [1.807, 2.05) is 16.9 Å². The van der Waals surface area contributed by atoms with Crippen LogP contribution in [-0.2, 0) is 11.3 Å². The topological polar surface area (TPSA) is 62.2 Å². The average Bonchev–Trinajstić information content (AvgIpc) is 2.79. The van der Waals surface area contributed by atoms with Gasteiger partial charge >= 0.3 is 0 Å². The molecule has 106 valence electrons. The second-order valence-corrected chi connectivity index (χ2v) is 4.85. The van der Waals surface area contributed by atoms with Crippen LogP contribution in [0.3, 0.4) is 0 Å². The lowest BCUT2D eigenvalue weighted by molar-refractivity contribution is -0.122. The lowest BCUT2D eigenvalue weighted by atomic mass is 10.3. The predicted octanol–water partition coefficient (Wildman–Crippen LogP) is -0.315. The van der Waals surface area contributed by atoms with Gasteiger partial charge in [0, 0.05) is 38.6 Å². The number of hydrogen-bond acceptors (Lipinski definition) is 4. The van der Waals surface area contributed by atoms with Crippen LogP contribution in [0.15, 0.2) is 18.5 Å². The molecule has 6 nitrogen and oxygen atoms in total. The third-order valence-electron chi connectivity index (χ3n) is 3.25. The van der Waals surface area contributed by atoms with Gasteiger partial charge in [-0.25, -0.2) is 0 Å². The van der Waals surface area contributed by atoms with Crippen LogP contribution < -0.4 is 10.6 Å². The molecule has 19 heavy (non-hydrogen) atoms. The predicted molar refractivity (Wildman–Crippen MR) is 73.8 cm³/mol. The van der Waals surface area contributed by atoms with Crippen LogP contribution in [0.4, 0.5) is 0 Å². The van der Waals surface area contributed by atoms with Crippen molar-refractivity contribution in [2.45, 2.75) is 19.4 Å². The molecule has 2 heterocycles. The third-order valence-corrected chi connectivity index (χ3v) is 3.25. The van der Waals surface area contributed by atoms with Crippen molar-refractivity contribution < 1.29 is 4.79 Å². The van der Waals surface area contributed by atoms with Crippen molar-refractivity contribution >= 4 is 5.91 Å². The van der Waals surface area contributed by atoms with Crippen LogP contribution in [0.2, 0.25) is 0 Å². The summed E-state index contributed by atoms with van der Waals surface area (Å²) in [6, 6.07) is 1.91. The van der Waals surface area contributed by atoms with E-state index in [0.717, 1.165) is 45.6 Å². The number of carbonyl (C=O) groups excluding carboxylic acids is 1. The van der Waals surface area contributed by atoms with Crippen molar-refractivity contribution in [3.63, 3.8) is 0 Å². The highest BCUT2D eigenvalue weighted by atomic mass is 16.2.